The minimum Gasteiger partial charge on any atom is -0.485 e. The van der Waals surface area contributed by atoms with Crippen molar-refractivity contribution >= 4 is 21.7 Å². The highest BCUT2D eigenvalue weighted by molar-refractivity contribution is 9.10. The van der Waals surface area contributed by atoms with Gasteiger partial charge in [0.25, 0.3) is 0 Å². The molecule has 0 saturated carbocycles. The smallest absolute Gasteiger partial charge is 0.175 e. The molecular weight excluding hydrogens is 275 g/mol. The van der Waals surface area contributed by atoms with E-state index in [1.807, 2.05) is 20.8 Å². The van der Waals surface area contributed by atoms with Crippen molar-refractivity contribution < 1.29 is 13.9 Å². The van der Waals surface area contributed by atoms with E-state index in [1.165, 1.54) is 18.2 Å². The van der Waals surface area contributed by atoms with E-state index >= 15 is 0 Å². The van der Waals surface area contributed by atoms with Gasteiger partial charge in [-0.05, 0) is 34.1 Å². The molecule has 0 radical (unpaired) electrons. The highest BCUT2D eigenvalue weighted by Gasteiger charge is 2.21. The van der Waals surface area contributed by atoms with Crippen LogP contribution in [0.2, 0.25) is 0 Å². The molecule has 0 amide bonds. The molecule has 0 N–H and O–H groups in total. The van der Waals surface area contributed by atoms with Crippen LogP contribution in [0.25, 0.3) is 0 Å². The number of carbonyl (C=O) groups is 1. The zero-order chi connectivity index (χ0) is 12.3. The van der Waals surface area contributed by atoms with Crippen LogP contribution in [0.15, 0.2) is 22.7 Å². The lowest BCUT2D eigenvalue weighted by molar-refractivity contribution is -0.128. The Morgan fingerprint density at radius 2 is 2.06 bits per heavy atom. The van der Waals surface area contributed by atoms with E-state index in [2.05, 4.69) is 15.9 Å². The molecule has 0 atom stereocenters. The number of ketones is 1. The largest absolute Gasteiger partial charge is 0.485 e. The average molecular weight is 289 g/mol. The lowest BCUT2D eigenvalue weighted by Crippen LogP contribution is -2.26. The van der Waals surface area contributed by atoms with Crippen LogP contribution in [0, 0.1) is 11.2 Å². The van der Waals surface area contributed by atoms with Crippen molar-refractivity contribution in [2.24, 2.45) is 5.41 Å². The van der Waals surface area contributed by atoms with Crippen LogP contribution >= 0.6 is 15.9 Å². The van der Waals surface area contributed by atoms with Gasteiger partial charge in [-0.15, -0.1) is 0 Å². The van der Waals surface area contributed by atoms with Gasteiger partial charge in [-0.25, -0.2) is 4.39 Å². The molecule has 0 aromatic heterocycles. The molecule has 0 aliphatic heterocycles. The van der Waals surface area contributed by atoms with Gasteiger partial charge in [0, 0.05) is 5.41 Å². The summed E-state index contributed by atoms with van der Waals surface area (Å²) in [5.41, 5.74) is -0.424. The number of carbonyl (C=O) groups excluding carboxylic acids is 1. The fraction of sp³-hybridized carbons (Fsp3) is 0.417. The van der Waals surface area contributed by atoms with Gasteiger partial charge in [-0.3, -0.25) is 4.79 Å². The Labute approximate surface area is 103 Å². The van der Waals surface area contributed by atoms with Gasteiger partial charge in [0.05, 0.1) is 4.47 Å². The first-order valence-corrected chi connectivity index (χ1v) is 5.71. The van der Waals surface area contributed by atoms with Gasteiger partial charge in [-0.2, -0.15) is 0 Å². The van der Waals surface area contributed by atoms with Crippen molar-refractivity contribution in [3.8, 4) is 5.75 Å². The quantitative estimate of drug-likeness (QED) is 0.850. The topological polar surface area (TPSA) is 26.3 Å². The van der Waals surface area contributed by atoms with Crippen molar-refractivity contribution in [2.45, 2.75) is 20.8 Å². The second-order valence-electron chi connectivity index (χ2n) is 4.54. The fourth-order valence-electron chi connectivity index (χ4n) is 0.952. The number of benzene rings is 1. The van der Waals surface area contributed by atoms with Gasteiger partial charge in [0.2, 0.25) is 0 Å². The number of halogens is 2. The predicted octanol–water partition coefficient (Wildman–Crippen LogP) is 3.58. The molecule has 0 bridgehead atoms. The number of ether oxygens (including phenoxy) is 1. The van der Waals surface area contributed by atoms with Crippen molar-refractivity contribution in [1.29, 1.82) is 0 Å². The molecule has 0 fully saturated rings. The lowest BCUT2D eigenvalue weighted by Gasteiger charge is -2.17. The first kappa shape index (κ1) is 13.2. The van der Waals surface area contributed by atoms with Crippen LogP contribution in [0.1, 0.15) is 20.8 Å². The molecule has 0 unspecified atom stereocenters. The first-order valence-electron chi connectivity index (χ1n) is 4.92. The molecule has 2 nitrogen and oxygen atoms in total. The Hall–Kier alpha value is -0.900. The molecule has 4 heteroatoms. The minimum absolute atomic E-state index is 0.00345. The molecule has 0 heterocycles. The van der Waals surface area contributed by atoms with Crippen molar-refractivity contribution in [3.05, 3.63) is 28.5 Å². The fourth-order valence-corrected chi connectivity index (χ4v) is 1.42. The summed E-state index contributed by atoms with van der Waals surface area (Å²) < 4.78 is 18.6. The maximum absolute atomic E-state index is 12.8. The second kappa shape index (κ2) is 4.95. The van der Waals surface area contributed by atoms with Crippen molar-refractivity contribution in [2.75, 3.05) is 6.61 Å². The molecule has 1 aromatic rings. The van der Waals surface area contributed by atoms with Gasteiger partial charge < -0.3 is 4.74 Å². The second-order valence-corrected chi connectivity index (χ2v) is 5.39. The van der Waals surface area contributed by atoms with Crippen LogP contribution < -0.4 is 4.74 Å². The minimum atomic E-state index is -0.424. The number of hydrogen-bond acceptors (Lipinski definition) is 2. The molecule has 0 spiro atoms. The molecule has 1 aromatic carbocycles. The molecule has 16 heavy (non-hydrogen) atoms. The normalized spacial score (nSPS) is 11.3. The van der Waals surface area contributed by atoms with E-state index in [-0.39, 0.29) is 18.2 Å². The summed E-state index contributed by atoms with van der Waals surface area (Å²) in [6.45, 7) is 5.49. The van der Waals surface area contributed by atoms with Crippen LogP contribution in [0.4, 0.5) is 4.39 Å². The van der Waals surface area contributed by atoms with Crippen LogP contribution in [0.5, 0.6) is 5.75 Å². The number of Topliss-reactive ketones (excluding diaryl/α,β-unsaturated/α-hetero) is 1. The molecular formula is C12H14BrFO2. The summed E-state index contributed by atoms with van der Waals surface area (Å²) in [5, 5.41) is 0. The van der Waals surface area contributed by atoms with Crippen molar-refractivity contribution in [3.63, 3.8) is 0 Å². The van der Waals surface area contributed by atoms with E-state index in [0.29, 0.717) is 10.2 Å². The summed E-state index contributed by atoms with van der Waals surface area (Å²) in [7, 11) is 0. The Morgan fingerprint density at radius 3 is 2.56 bits per heavy atom. The maximum Gasteiger partial charge on any atom is 0.175 e. The van der Waals surface area contributed by atoms with Crippen molar-refractivity contribution in [1.82, 2.24) is 0 Å². The SMILES string of the molecule is CC(C)(C)C(=O)COc1ccc(F)cc1Br. The maximum atomic E-state index is 12.8. The lowest BCUT2D eigenvalue weighted by atomic mass is 9.91. The Morgan fingerprint density at radius 1 is 1.44 bits per heavy atom. The zero-order valence-electron chi connectivity index (χ0n) is 9.51. The Kier molecular flexibility index (Phi) is 4.08. The zero-order valence-corrected chi connectivity index (χ0v) is 11.1. The van der Waals surface area contributed by atoms with E-state index in [9.17, 15) is 9.18 Å². The highest BCUT2D eigenvalue weighted by Crippen LogP contribution is 2.26. The van der Waals surface area contributed by atoms with Crippen LogP contribution in [0.3, 0.4) is 0 Å². The molecule has 0 saturated heterocycles. The standard InChI is InChI=1S/C12H14BrFO2/c1-12(2,3)11(15)7-16-10-5-4-8(14)6-9(10)13/h4-6H,7H2,1-3H3. The molecule has 0 aliphatic carbocycles. The summed E-state index contributed by atoms with van der Waals surface area (Å²) in [5.74, 6) is 0.129. The van der Waals surface area contributed by atoms with Gasteiger partial charge >= 0.3 is 0 Å². The summed E-state index contributed by atoms with van der Waals surface area (Å²) in [4.78, 5) is 11.6. The first-order chi connectivity index (χ1) is 7.30. The number of hydrogen-bond donors (Lipinski definition) is 0. The summed E-state index contributed by atoms with van der Waals surface area (Å²) in [6, 6.07) is 4.09. The van der Waals surface area contributed by atoms with E-state index in [1.54, 1.807) is 0 Å². The van der Waals surface area contributed by atoms with Crippen LogP contribution in [-0.2, 0) is 4.79 Å². The predicted molar refractivity (Wildman–Crippen MR) is 64.1 cm³/mol. The molecule has 0 aliphatic rings. The number of rotatable bonds is 3. The summed E-state index contributed by atoms with van der Waals surface area (Å²) in [6.07, 6.45) is 0. The Bertz CT molecular complexity index is 396. The Balaban J connectivity index is 2.65. The average Bonchev–Trinajstić information content (AvgIpc) is 2.14. The highest BCUT2D eigenvalue weighted by atomic mass is 79.9. The van der Waals surface area contributed by atoms with Gasteiger partial charge in [0.15, 0.2) is 5.78 Å². The third kappa shape index (κ3) is 3.59. The van der Waals surface area contributed by atoms with Crippen LogP contribution in [-0.4, -0.2) is 12.4 Å². The van der Waals surface area contributed by atoms with E-state index in [4.69, 9.17) is 4.74 Å². The summed E-state index contributed by atoms with van der Waals surface area (Å²) >= 11 is 3.17. The third-order valence-electron chi connectivity index (χ3n) is 2.09. The van der Waals surface area contributed by atoms with E-state index in [0.717, 1.165) is 0 Å². The third-order valence-corrected chi connectivity index (χ3v) is 2.71. The van der Waals surface area contributed by atoms with Gasteiger partial charge in [0.1, 0.15) is 18.2 Å². The van der Waals surface area contributed by atoms with Gasteiger partial charge in [-0.1, -0.05) is 20.8 Å². The monoisotopic (exact) mass is 288 g/mol. The molecule has 88 valence electrons. The molecule has 1 rings (SSSR count). The van der Waals surface area contributed by atoms with E-state index < -0.39 is 5.41 Å².